The lowest BCUT2D eigenvalue weighted by atomic mass is 10.0. The van der Waals surface area contributed by atoms with E-state index in [0.29, 0.717) is 5.69 Å². The van der Waals surface area contributed by atoms with Crippen molar-refractivity contribution < 1.29 is 4.79 Å². The molecule has 1 aliphatic rings. The van der Waals surface area contributed by atoms with Gasteiger partial charge in [-0.2, -0.15) is 11.3 Å². The van der Waals surface area contributed by atoms with Crippen molar-refractivity contribution in [2.45, 2.75) is 32.7 Å². The molecular weight excluding hydrogens is 280 g/mol. The topological polar surface area (TPSA) is 46.3 Å². The van der Waals surface area contributed by atoms with Gasteiger partial charge in [0.15, 0.2) is 0 Å². The lowest BCUT2D eigenvalue weighted by molar-refractivity contribution is 0.0735. The molecule has 21 heavy (non-hydrogen) atoms. The Kier molecular flexibility index (Phi) is 3.72. The second kappa shape index (κ2) is 5.53. The number of rotatable bonds is 2. The molecule has 0 spiro atoms. The van der Waals surface area contributed by atoms with Crippen LogP contribution in [-0.4, -0.2) is 17.4 Å². The maximum Gasteiger partial charge on any atom is 0.254 e. The van der Waals surface area contributed by atoms with Gasteiger partial charge in [-0.3, -0.25) is 4.79 Å². The average Bonchev–Trinajstić information content (AvgIpc) is 3.11. The van der Waals surface area contributed by atoms with Crippen molar-refractivity contribution in [1.29, 1.82) is 0 Å². The summed E-state index contributed by atoms with van der Waals surface area (Å²) in [5.74, 6) is 0.105. The summed E-state index contributed by atoms with van der Waals surface area (Å²) < 4.78 is 0. The van der Waals surface area contributed by atoms with Crippen LogP contribution in [0.5, 0.6) is 0 Å². The van der Waals surface area contributed by atoms with E-state index in [1.54, 1.807) is 11.3 Å². The quantitative estimate of drug-likeness (QED) is 0.854. The van der Waals surface area contributed by atoms with Crippen molar-refractivity contribution in [3.05, 3.63) is 51.2 Å². The minimum atomic E-state index is 0.105. The van der Waals surface area contributed by atoms with E-state index >= 15 is 0 Å². The highest BCUT2D eigenvalue weighted by Crippen LogP contribution is 2.34. The Morgan fingerprint density at radius 3 is 2.86 bits per heavy atom. The standard InChI is InChI=1S/C17H20N2OS/c1-11-8-12(2)15(18)9-14(11)17(20)19-6-3-4-16(19)13-5-7-21-10-13/h5,7-10,16H,3-4,6,18H2,1-2H3. The molecule has 4 heteroatoms. The van der Waals surface area contributed by atoms with Gasteiger partial charge in [0.1, 0.15) is 0 Å². The predicted molar refractivity (Wildman–Crippen MR) is 87.7 cm³/mol. The number of benzene rings is 1. The van der Waals surface area contributed by atoms with E-state index in [4.69, 9.17) is 5.73 Å². The summed E-state index contributed by atoms with van der Waals surface area (Å²) in [7, 11) is 0. The number of nitrogens with two attached hydrogens (primary N) is 1. The zero-order chi connectivity index (χ0) is 15.0. The number of hydrogen-bond acceptors (Lipinski definition) is 3. The molecule has 110 valence electrons. The molecule has 0 aliphatic carbocycles. The Labute approximate surface area is 129 Å². The van der Waals surface area contributed by atoms with Crippen molar-refractivity contribution in [2.24, 2.45) is 0 Å². The number of likely N-dealkylation sites (tertiary alicyclic amines) is 1. The number of anilines is 1. The number of hydrogen-bond donors (Lipinski definition) is 1. The Morgan fingerprint density at radius 2 is 2.14 bits per heavy atom. The van der Waals surface area contributed by atoms with E-state index in [1.807, 2.05) is 30.9 Å². The van der Waals surface area contributed by atoms with Gasteiger partial charge in [-0.25, -0.2) is 0 Å². The highest BCUT2D eigenvalue weighted by atomic mass is 32.1. The minimum absolute atomic E-state index is 0.105. The Hall–Kier alpha value is -1.81. The third kappa shape index (κ3) is 2.56. The van der Waals surface area contributed by atoms with E-state index < -0.39 is 0 Å². The van der Waals surface area contributed by atoms with Crippen molar-refractivity contribution in [3.8, 4) is 0 Å². The first kappa shape index (κ1) is 14.1. The van der Waals surface area contributed by atoms with Crippen LogP contribution >= 0.6 is 11.3 Å². The molecule has 0 bridgehead atoms. The van der Waals surface area contributed by atoms with Crippen LogP contribution in [0.1, 0.15) is 45.9 Å². The first-order valence-electron chi connectivity index (χ1n) is 7.27. The van der Waals surface area contributed by atoms with Gasteiger partial charge in [0, 0.05) is 17.8 Å². The van der Waals surface area contributed by atoms with Gasteiger partial charge in [-0.15, -0.1) is 0 Å². The highest BCUT2D eigenvalue weighted by molar-refractivity contribution is 7.08. The lowest BCUT2D eigenvalue weighted by Crippen LogP contribution is -2.31. The van der Waals surface area contributed by atoms with Gasteiger partial charge in [0.2, 0.25) is 0 Å². The first-order valence-corrected chi connectivity index (χ1v) is 8.22. The Balaban J connectivity index is 1.93. The van der Waals surface area contributed by atoms with Crippen LogP contribution in [0.15, 0.2) is 29.0 Å². The van der Waals surface area contributed by atoms with E-state index in [0.717, 1.165) is 36.1 Å². The number of amides is 1. The number of thiophene rings is 1. The number of carbonyl (C=O) groups is 1. The zero-order valence-electron chi connectivity index (χ0n) is 12.4. The summed E-state index contributed by atoms with van der Waals surface area (Å²) in [6, 6.07) is 6.16. The molecule has 2 N–H and O–H groups in total. The van der Waals surface area contributed by atoms with Crippen molar-refractivity contribution in [1.82, 2.24) is 4.90 Å². The van der Waals surface area contributed by atoms with Gasteiger partial charge in [-0.05, 0) is 66.3 Å². The molecule has 3 nitrogen and oxygen atoms in total. The van der Waals surface area contributed by atoms with Crippen LogP contribution in [-0.2, 0) is 0 Å². The van der Waals surface area contributed by atoms with E-state index in [-0.39, 0.29) is 11.9 Å². The highest BCUT2D eigenvalue weighted by Gasteiger charge is 2.31. The molecule has 0 saturated carbocycles. The minimum Gasteiger partial charge on any atom is -0.398 e. The second-order valence-electron chi connectivity index (χ2n) is 5.74. The van der Waals surface area contributed by atoms with Crippen LogP contribution in [0.3, 0.4) is 0 Å². The monoisotopic (exact) mass is 300 g/mol. The molecule has 3 rings (SSSR count). The van der Waals surface area contributed by atoms with Crippen LogP contribution in [0.4, 0.5) is 5.69 Å². The van der Waals surface area contributed by atoms with E-state index in [9.17, 15) is 4.79 Å². The first-order chi connectivity index (χ1) is 10.1. The van der Waals surface area contributed by atoms with Gasteiger partial charge < -0.3 is 10.6 Å². The SMILES string of the molecule is Cc1cc(C)c(C(=O)N2CCCC2c2ccsc2)cc1N. The summed E-state index contributed by atoms with van der Waals surface area (Å²) >= 11 is 1.69. The summed E-state index contributed by atoms with van der Waals surface area (Å²) in [5.41, 5.74) is 10.7. The van der Waals surface area contributed by atoms with Gasteiger partial charge in [0.05, 0.1) is 6.04 Å². The van der Waals surface area contributed by atoms with E-state index in [2.05, 4.69) is 16.8 Å². The smallest absolute Gasteiger partial charge is 0.254 e. The number of carbonyl (C=O) groups excluding carboxylic acids is 1. The molecule has 2 heterocycles. The van der Waals surface area contributed by atoms with Crippen LogP contribution < -0.4 is 5.73 Å². The van der Waals surface area contributed by atoms with Crippen LogP contribution in [0.25, 0.3) is 0 Å². The van der Waals surface area contributed by atoms with Crippen LogP contribution in [0, 0.1) is 13.8 Å². The molecule has 1 unspecified atom stereocenters. The molecule has 2 aromatic rings. The molecule has 1 aromatic carbocycles. The van der Waals surface area contributed by atoms with Crippen LogP contribution in [0.2, 0.25) is 0 Å². The lowest BCUT2D eigenvalue weighted by Gasteiger charge is -2.25. The predicted octanol–water partition coefficient (Wildman–Crippen LogP) is 3.92. The molecule has 1 fully saturated rings. The summed E-state index contributed by atoms with van der Waals surface area (Å²) in [6.07, 6.45) is 2.11. The molecule has 0 radical (unpaired) electrons. The summed E-state index contributed by atoms with van der Waals surface area (Å²) in [5, 5.41) is 4.22. The average molecular weight is 300 g/mol. The number of nitrogen functional groups attached to an aromatic ring is 1. The third-order valence-electron chi connectivity index (χ3n) is 4.29. The normalized spacial score (nSPS) is 18.2. The van der Waals surface area contributed by atoms with Crippen molar-refractivity contribution in [2.75, 3.05) is 12.3 Å². The molecule has 1 amide bonds. The third-order valence-corrected chi connectivity index (χ3v) is 4.99. The molecule has 1 atom stereocenters. The number of aryl methyl sites for hydroxylation is 2. The summed E-state index contributed by atoms with van der Waals surface area (Å²) in [6.45, 7) is 4.78. The van der Waals surface area contributed by atoms with Gasteiger partial charge in [-0.1, -0.05) is 6.07 Å². The Bertz CT molecular complexity index is 664. The maximum atomic E-state index is 12.9. The molecule has 1 aromatic heterocycles. The van der Waals surface area contributed by atoms with E-state index in [1.165, 1.54) is 5.56 Å². The Morgan fingerprint density at radius 1 is 1.33 bits per heavy atom. The fourth-order valence-corrected chi connectivity index (χ4v) is 3.78. The van der Waals surface area contributed by atoms with Crippen molar-refractivity contribution in [3.63, 3.8) is 0 Å². The summed E-state index contributed by atoms with van der Waals surface area (Å²) in [4.78, 5) is 14.9. The second-order valence-corrected chi connectivity index (χ2v) is 6.52. The van der Waals surface area contributed by atoms with Gasteiger partial charge >= 0.3 is 0 Å². The largest absolute Gasteiger partial charge is 0.398 e. The molecule has 1 saturated heterocycles. The maximum absolute atomic E-state index is 12.9. The molecular formula is C17H20N2OS. The zero-order valence-corrected chi connectivity index (χ0v) is 13.2. The fourth-order valence-electron chi connectivity index (χ4n) is 3.08. The molecule has 1 aliphatic heterocycles. The van der Waals surface area contributed by atoms with Crippen molar-refractivity contribution >= 4 is 22.9 Å². The fraction of sp³-hybridized carbons (Fsp3) is 0.353. The number of nitrogens with zero attached hydrogens (tertiary/aromatic N) is 1. The van der Waals surface area contributed by atoms with Gasteiger partial charge in [0.25, 0.3) is 5.91 Å².